The van der Waals surface area contributed by atoms with E-state index in [-0.39, 0.29) is 0 Å². The van der Waals surface area contributed by atoms with E-state index >= 15 is 0 Å². The summed E-state index contributed by atoms with van der Waals surface area (Å²) in [6, 6.07) is 3.97. The van der Waals surface area contributed by atoms with Gasteiger partial charge >= 0.3 is 0 Å². The average molecular weight is 324 g/mol. The third-order valence-corrected chi connectivity index (χ3v) is 4.82. The maximum absolute atomic E-state index is 5.99. The molecule has 112 valence electrons. The molecule has 3 rings (SSSR count). The number of hydrogen-bond acceptors (Lipinski definition) is 6. The summed E-state index contributed by atoms with van der Waals surface area (Å²) in [7, 11) is 2.03. The van der Waals surface area contributed by atoms with E-state index in [1.54, 1.807) is 11.3 Å². The highest BCUT2D eigenvalue weighted by Crippen LogP contribution is 2.40. The fourth-order valence-corrected chi connectivity index (χ4v) is 3.44. The van der Waals surface area contributed by atoms with Crippen molar-refractivity contribution in [2.75, 3.05) is 17.4 Å². The number of nitrogens with two attached hydrogens (primary N) is 1. The van der Waals surface area contributed by atoms with Crippen molar-refractivity contribution in [2.24, 2.45) is 5.84 Å². The Morgan fingerprint density at radius 2 is 2.19 bits per heavy atom. The van der Waals surface area contributed by atoms with E-state index in [2.05, 4.69) is 15.3 Å². The zero-order valence-corrected chi connectivity index (χ0v) is 13.6. The molecule has 0 unspecified atom stereocenters. The van der Waals surface area contributed by atoms with Crippen molar-refractivity contribution < 1.29 is 0 Å². The second-order valence-corrected chi connectivity index (χ2v) is 7.16. The summed E-state index contributed by atoms with van der Waals surface area (Å²) in [6.45, 7) is 2.75. The number of rotatable bonds is 5. The van der Waals surface area contributed by atoms with Gasteiger partial charge in [-0.15, -0.1) is 11.3 Å². The highest BCUT2D eigenvalue weighted by Gasteiger charge is 2.28. The molecule has 0 spiro atoms. The topological polar surface area (TPSA) is 67.1 Å². The summed E-state index contributed by atoms with van der Waals surface area (Å²) in [5, 5.41) is 0. The number of hydrazine groups is 1. The van der Waals surface area contributed by atoms with E-state index in [0.29, 0.717) is 11.7 Å². The molecule has 0 radical (unpaired) electrons. The van der Waals surface area contributed by atoms with Gasteiger partial charge in [0.2, 0.25) is 0 Å². The summed E-state index contributed by atoms with van der Waals surface area (Å²) >= 11 is 7.58. The first-order valence-electron chi connectivity index (χ1n) is 6.89. The molecule has 0 saturated heterocycles. The summed E-state index contributed by atoms with van der Waals surface area (Å²) in [5.41, 5.74) is 3.65. The molecule has 7 heteroatoms. The maximum Gasteiger partial charge on any atom is 0.148 e. The Kier molecular flexibility index (Phi) is 4.01. The number of thiophene rings is 1. The van der Waals surface area contributed by atoms with E-state index < -0.39 is 0 Å². The normalized spacial score (nSPS) is 14.3. The number of halogens is 1. The lowest BCUT2D eigenvalue weighted by atomic mass is 10.2. The van der Waals surface area contributed by atoms with Crippen LogP contribution in [0.4, 0.5) is 11.6 Å². The van der Waals surface area contributed by atoms with Crippen molar-refractivity contribution in [2.45, 2.75) is 32.2 Å². The van der Waals surface area contributed by atoms with Gasteiger partial charge in [0.05, 0.1) is 10.9 Å². The molecule has 5 nitrogen and oxygen atoms in total. The average Bonchev–Trinajstić information content (AvgIpc) is 3.23. The number of nitrogen functional groups attached to an aromatic ring is 1. The smallest absolute Gasteiger partial charge is 0.148 e. The zero-order valence-electron chi connectivity index (χ0n) is 12.1. The maximum atomic E-state index is 5.99. The Morgan fingerprint density at radius 1 is 1.43 bits per heavy atom. The van der Waals surface area contributed by atoms with Gasteiger partial charge in [0.25, 0.3) is 0 Å². The summed E-state index contributed by atoms with van der Waals surface area (Å²) in [6.07, 6.45) is 2.33. The van der Waals surface area contributed by atoms with Crippen molar-refractivity contribution in [3.63, 3.8) is 0 Å². The van der Waals surface area contributed by atoms with Crippen LogP contribution in [0.25, 0.3) is 0 Å². The fraction of sp³-hybridized carbons (Fsp3) is 0.429. The lowest BCUT2D eigenvalue weighted by molar-refractivity contribution is 0.851. The molecule has 1 saturated carbocycles. The van der Waals surface area contributed by atoms with Crippen molar-refractivity contribution in [1.82, 2.24) is 9.97 Å². The van der Waals surface area contributed by atoms with Gasteiger partial charge in [-0.1, -0.05) is 11.6 Å². The van der Waals surface area contributed by atoms with Gasteiger partial charge in [-0.05, 0) is 31.9 Å². The Bertz CT molecular complexity index is 653. The molecular weight excluding hydrogens is 306 g/mol. The van der Waals surface area contributed by atoms with Gasteiger partial charge in [-0.25, -0.2) is 15.8 Å². The Morgan fingerprint density at radius 3 is 2.76 bits per heavy atom. The predicted octanol–water partition coefficient (Wildman–Crippen LogP) is 3.30. The van der Waals surface area contributed by atoms with Crippen molar-refractivity contribution >= 4 is 34.6 Å². The van der Waals surface area contributed by atoms with E-state index in [1.807, 2.05) is 26.1 Å². The number of anilines is 2. The SMILES string of the molecule is Cc1c(NN)nc(C2CC2)nc1N(C)Cc1ccc(Cl)s1. The first-order valence-corrected chi connectivity index (χ1v) is 8.08. The minimum Gasteiger partial charge on any atom is -0.354 e. The van der Waals surface area contributed by atoms with Crippen LogP contribution >= 0.6 is 22.9 Å². The summed E-state index contributed by atoms with van der Waals surface area (Å²) in [4.78, 5) is 12.6. The van der Waals surface area contributed by atoms with E-state index in [4.69, 9.17) is 22.4 Å². The van der Waals surface area contributed by atoms with Crippen LogP contribution < -0.4 is 16.2 Å². The monoisotopic (exact) mass is 323 g/mol. The third kappa shape index (κ3) is 3.12. The number of aromatic nitrogens is 2. The molecule has 0 atom stereocenters. The molecule has 1 aliphatic carbocycles. The molecule has 2 aromatic rings. The zero-order chi connectivity index (χ0) is 15.0. The molecule has 3 N–H and O–H groups in total. The van der Waals surface area contributed by atoms with Crippen LogP contribution in [0.5, 0.6) is 0 Å². The van der Waals surface area contributed by atoms with Gasteiger partial charge in [0.1, 0.15) is 17.5 Å². The Hall–Kier alpha value is -1.37. The lowest BCUT2D eigenvalue weighted by Crippen LogP contribution is -2.21. The summed E-state index contributed by atoms with van der Waals surface area (Å²) < 4.78 is 0.806. The Balaban J connectivity index is 1.90. The molecule has 0 amide bonds. The largest absolute Gasteiger partial charge is 0.354 e. The number of hydrogen-bond donors (Lipinski definition) is 2. The van der Waals surface area contributed by atoms with Crippen LogP contribution in [0.1, 0.15) is 35.0 Å². The third-order valence-electron chi connectivity index (χ3n) is 3.60. The number of nitrogens with zero attached hydrogens (tertiary/aromatic N) is 3. The minimum atomic E-state index is 0.487. The van der Waals surface area contributed by atoms with Crippen LogP contribution in [-0.4, -0.2) is 17.0 Å². The van der Waals surface area contributed by atoms with E-state index in [1.165, 1.54) is 4.88 Å². The van der Waals surface area contributed by atoms with E-state index in [0.717, 1.165) is 40.9 Å². The highest BCUT2D eigenvalue weighted by atomic mass is 35.5. The van der Waals surface area contributed by atoms with Crippen molar-refractivity contribution in [3.8, 4) is 0 Å². The second kappa shape index (κ2) is 5.79. The first-order chi connectivity index (χ1) is 10.1. The van der Waals surface area contributed by atoms with Gasteiger partial charge in [0.15, 0.2) is 0 Å². The molecule has 1 aliphatic rings. The molecule has 1 fully saturated rings. The minimum absolute atomic E-state index is 0.487. The van der Waals surface area contributed by atoms with Crippen LogP contribution in [0.2, 0.25) is 4.34 Å². The van der Waals surface area contributed by atoms with Gasteiger partial charge in [0, 0.05) is 23.4 Å². The Labute approximate surface area is 133 Å². The van der Waals surface area contributed by atoms with Crippen LogP contribution in [-0.2, 0) is 6.54 Å². The van der Waals surface area contributed by atoms with Gasteiger partial charge in [-0.3, -0.25) is 0 Å². The molecule has 21 heavy (non-hydrogen) atoms. The van der Waals surface area contributed by atoms with Crippen LogP contribution in [0, 0.1) is 6.92 Å². The quantitative estimate of drug-likeness (QED) is 0.653. The molecule has 0 aromatic carbocycles. The highest BCUT2D eigenvalue weighted by molar-refractivity contribution is 7.16. The molecule has 2 heterocycles. The van der Waals surface area contributed by atoms with Crippen molar-refractivity contribution in [1.29, 1.82) is 0 Å². The molecular formula is C14H18ClN5S. The predicted molar refractivity (Wildman–Crippen MR) is 88.0 cm³/mol. The summed E-state index contributed by atoms with van der Waals surface area (Å²) in [5.74, 6) is 8.59. The van der Waals surface area contributed by atoms with Crippen LogP contribution in [0.15, 0.2) is 12.1 Å². The van der Waals surface area contributed by atoms with Gasteiger partial charge in [-0.2, -0.15) is 0 Å². The number of nitrogens with one attached hydrogen (secondary N) is 1. The van der Waals surface area contributed by atoms with Crippen molar-refractivity contribution in [3.05, 3.63) is 32.7 Å². The second-order valence-electron chi connectivity index (χ2n) is 5.36. The van der Waals surface area contributed by atoms with Crippen LogP contribution in [0.3, 0.4) is 0 Å². The first kappa shape index (κ1) is 14.6. The fourth-order valence-electron chi connectivity index (χ4n) is 2.30. The van der Waals surface area contributed by atoms with Gasteiger partial charge < -0.3 is 10.3 Å². The van der Waals surface area contributed by atoms with E-state index in [9.17, 15) is 0 Å². The molecule has 2 aromatic heterocycles. The molecule has 0 aliphatic heterocycles. The standard InChI is InChI=1S/C14H18ClN5S/c1-8-12(19-16)17-13(9-3-4-9)18-14(8)20(2)7-10-5-6-11(15)21-10/h5-6,9H,3-4,7,16H2,1-2H3,(H,17,18,19). The molecule has 0 bridgehead atoms. The lowest BCUT2D eigenvalue weighted by Gasteiger charge is -2.21.